The van der Waals surface area contributed by atoms with Gasteiger partial charge in [0.25, 0.3) is 0 Å². The molecule has 0 amide bonds. The Kier molecular flexibility index (Phi) is 5.30. The third kappa shape index (κ3) is 3.99. The smallest absolute Gasteiger partial charge is 0.367 e. The van der Waals surface area contributed by atoms with Crippen LogP contribution in [0.4, 0.5) is 0 Å². The lowest BCUT2D eigenvalue weighted by molar-refractivity contribution is 0.0525. The number of rotatable bonds is 6. The number of ether oxygens (including phenoxy) is 1. The van der Waals surface area contributed by atoms with E-state index in [9.17, 15) is 4.79 Å². The van der Waals surface area contributed by atoms with Crippen LogP contribution >= 0.6 is 11.3 Å². The third-order valence-electron chi connectivity index (χ3n) is 3.29. The van der Waals surface area contributed by atoms with E-state index in [1.54, 1.807) is 6.92 Å². The Hall–Kier alpha value is -0.980. The first kappa shape index (κ1) is 14.4. The molecule has 1 aliphatic heterocycles. The average Bonchev–Trinajstić information content (AvgIpc) is 3.00. The minimum absolute atomic E-state index is 0.266. The van der Waals surface area contributed by atoms with Crippen LogP contribution in [0, 0.1) is 5.92 Å². The number of aromatic nitrogens is 1. The zero-order chi connectivity index (χ0) is 13.7. The predicted molar refractivity (Wildman–Crippen MR) is 73.2 cm³/mol. The van der Waals surface area contributed by atoms with Gasteiger partial charge in [-0.15, -0.1) is 11.3 Å². The number of carbonyl (C=O) groups is 1. The molecule has 1 aliphatic rings. The summed E-state index contributed by atoms with van der Waals surface area (Å²) >= 11 is 1.34. The number of hydrogen-bond acceptors (Lipinski definition) is 6. The van der Waals surface area contributed by atoms with E-state index in [4.69, 9.17) is 9.84 Å². The van der Waals surface area contributed by atoms with E-state index >= 15 is 0 Å². The van der Waals surface area contributed by atoms with Crippen molar-refractivity contribution in [1.29, 1.82) is 0 Å². The van der Waals surface area contributed by atoms with Gasteiger partial charge in [0.1, 0.15) is 0 Å². The molecule has 106 valence electrons. The highest BCUT2D eigenvalue weighted by molar-refractivity contribution is 7.11. The van der Waals surface area contributed by atoms with Gasteiger partial charge in [-0.1, -0.05) is 0 Å². The quantitative estimate of drug-likeness (QED) is 0.803. The Morgan fingerprint density at radius 2 is 2.53 bits per heavy atom. The normalized spacial score (nSPS) is 19.8. The van der Waals surface area contributed by atoms with Crippen molar-refractivity contribution in [3.05, 3.63) is 16.1 Å². The van der Waals surface area contributed by atoms with Crippen molar-refractivity contribution in [3.63, 3.8) is 0 Å². The highest BCUT2D eigenvalue weighted by Gasteiger charge is 2.23. The number of nitrogens with zero attached hydrogens (tertiary/aromatic N) is 2. The van der Waals surface area contributed by atoms with Gasteiger partial charge >= 0.3 is 5.97 Å². The average molecular weight is 284 g/mol. The third-order valence-corrected chi connectivity index (χ3v) is 4.17. The number of thiazole rings is 1. The molecule has 6 heteroatoms. The van der Waals surface area contributed by atoms with Crippen LogP contribution < -0.4 is 0 Å². The molecule has 0 saturated carbocycles. The lowest BCUT2D eigenvalue weighted by atomic mass is 10.1. The van der Waals surface area contributed by atoms with E-state index < -0.39 is 0 Å². The topological polar surface area (TPSA) is 62.7 Å². The van der Waals surface area contributed by atoms with Gasteiger partial charge in [-0.05, 0) is 32.2 Å². The van der Waals surface area contributed by atoms with Gasteiger partial charge in [0.15, 0.2) is 0 Å². The van der Waals surface area contributed by atoms with E-state index in [1.165, 1.54) is 11.3 Å². The molecule has 0 bridgehead atoms. The number of esters is 1. The molecule has 0 aliphatic carbocycles. The lowest BCUT2D eigenvalue weighted by Crippen LogP contribution is -2.20. The van der Waals surface area contributed by atoms with Crippen LogP contribution in [0.2, 0.25) is 0 Å². The Morgan fingerprint density at radius 3 is 3.26 bits per heavy atom. The van der Waals surface area contributed by atoms with E-state index in [1.807, 2.05) is 5.38 Å². The summed E-state index contributed by atoms with van der Waals surface area (Å²) in [5.41, 5.74) is 0.928. The fraction of sp³-hybridized carbons (Fsp3) is 0.692. The Bertz CT molecular complexity index is 422. The van der Waals surface area contributed by atoms with Crippen LogP contribution in [-0.2, 0) is 11.3 Å². The van der Waals surface area contributed by atoms with Crippen molar-refractivity contribution in [2.24, 2.45) is 5.92 Å². The lowest BCUT2D eigenvalue weighted by Gasteiger charge is -2.13. The number of hydrogen-bond donors (Lipinski definition) is 1. The molecule has 1 atom stereocenters. The standard InChI is InChI=1S/C13H20N2O3S/c1-2-18-13(17)12-14-11(9-19-12)8-15-5-3-10(7-15)4-6-16/h9-10,16H,2-8H2,1H3. The summed E-state index contributed by atoms with van der Waals surface area (Å²) < 4.78 is 4.93. The molecule has 1 fully saturated rings. The molecule has 1 aromatic rings. The zero-order valence-electron chi connectivity index (χ0n) is 11.2. The van der Waals surface area contributed by atoms with Crippen LogP contribution in [0.25, 0.3) is 0 Å². The summed E-state index contributed by atoms with van der Waals surface area (Å²) in [5.74, 6) is 0.256. The molecule has 1 unspecified atom stereocenters. The molecule has 0 spiro atoms. The highest BCUT2D eigenvalue weighted by atomic mass is 32.1. The van der Waals surface area contributed by atoms with Crippen LogP contribution in [0.15, 0.2) is 5.38 Å². The molecule has 2 heterocycles. The SMILES string of the molecule is CCOC(=O)c1nc(CN2CCC(CCO)C2)cs1. The van der Waals surface area contributed by atoms with Gasteiger partial charge < -0.3 is 9.84 Å². The maximum absolute atomic E-state index is 11.5. The number of carbonyl (C=O) groups excluding carboxylic acids is 1. The summed E-state index contributed by atoms with van der Waals surface area (Å²) in [5, 5.41) is 11.3. The Balaban J connectivity index is 1.85. The van der Waals surface area contributed by atoms with Crippen molar-refractivity contribution in [1.82, 2.24) is 9.88 Å². The predicted octanol–water partition coefficient (Wildman–Crippen LogP) is 1.52. The van der Waals surface area contributed by atoms with Crippen LogP contribution in [-0.4, -0.2) is 47.3 Å². The first-order chi connectivity index (χ1) is 9.22. The van der Waals surface area contributed by atoms with Crippen molar-refractivity contribution in [3.8, 4) is 0 Å². The maximum Gasteiger partial charge on any atom is 0.367 e. The summed E-state index contributed by atoms with van der Waals surface area (Å²) in [4.78, 5) is 18.2. The van der Waals surface area contributed by atoms with E-state index in [2.05, 4.69) is 9.88 Å². The number of likely N-dealkylation sites (tertiary alicyclic amines) is 1. The second-order valence-corrected chi connectivity index (χ2v) is 5.62. The van der Waals surface area contributed by atoms with Gasteiger partial charge in [0.2, 0.25) is 5.01 Å². The molecular formula is C13H20N2O3S. The fourth-order valence-corrected chi connectivity index (χ4v) is 3.07. The molecule has 1 N–H and O–H groups in total. The van der Waals surface area contributed by atoms with Crippen molar-refractivity contribution < 1.29 is 14.6 Å². The minimum Gasteiger partial charge on any atom is -0.461 e. The Morgan fingerprint density at radius 1 is 1.68 bits per heavy atom. The second kappa shape index (κ2) is 6.98. The fourth-order valence-electron chi connectivity index (χ4n) is 2.37. The largest absolute Gasteiger partial charge is 0.461 e. The monoisotopic (exact) mass is 284 g/mol. The van der Waals surface area contributed by atoms with Crippen LogP contribution in [0.5, 0.6) is 0 Å². The molecule has 1 saturated heterocycles. The molecule has 19 heavy (non-hydrogen) atoms. The summed E-state index contributed by atoms with van der Waals surface area (Å²) in [6.07, 6.45) is 2.01. The summed E-state index contributed by atoms with van der Waals surface area (Å²) in [6.45, 7) is 5.25. The van der Waals surface area contributed by atoms with Crippen molar-refractivity contribution in [2.45, 2.75) is 26.3 Å². The first-order valence-electron chi connectivity index (χ1n) is 6.67. The van der Waals surface area contributed by atoms with Gasteiger partial charge in [0.05, 0.1) is 12.3 Å². The molecule has 0 radical (unpaired) electrons. The van der Waals surface area contributed by atoms with Crippen LogP contribution in [0.1, 0.15) is 35.3 Å². The van der Waals surface area contributed by atoms with Gasteiger partial charge in [-0.3, -0.25) is 4.90 Å². The van der Waals surface area contributed by atoms with Gasteiger partial charge in [-0.2, -0.15) is 0 Å². The number of aliphatic hydroxyl groups is 1. The van der Waals surface area contributed by atoms with E-state index in [0.29, 0.717) is 17.5 Å². The maximum atomic E-state index is 11.5. The molecule has 0 aromatic carbocycles. The number of aliphatic hydroxyl groups excluding tert-OH is 1. The van der Waals surface area contributed by atoms with Gasteiger partial charge in [-0.25, -0.2) is 9.78 Å². The summed E-state index contributed by atoms with van der Waals surface area (Å²) in [6, 6.07) is 0. The second-order valence-electron chi connectivity index (χ2n) is 4.77. The molecule has 5 nitrogen and oxygen atoms in total. The van der Waals surface area contributed by atoms with Crippen molar-refractivity contribution in [2.75, 3.05) is 26.3 Å². The molecule has 2 rings (SSSR count). The molecule has 1 aromatic heterocycles. The highest BCUT2D eigenvalue weighted by Crippen LogP contribution is 2.21. The van der Waals surface area contributed by atoms with Crippen LogP contribution in [0.3, 0.4) is 0 Å². The van der Waals surface area contributed by atoms with Gasteiger partial charge in [0, 0.05) is 25.1 Å². The zero-order valence-corrected chi connectivity index (χ0v) is 12.0. The summed E-state index contributed by atoms with van der Waals surface area (Å²) in [7, 11) is 0. The first-order valence-corrected chi connectivity index (χ1v) is 7.55. The minimum atomic E-state index is -0.335. The Labute approximate surface area is 117 Å². The molecular weight excluding hydrogens is 264 g/mol. The van der Waals surface area contributed by atoms with E-state index in [0.717, 1.165) is 38.2 Å². The van der Waals surface area contributed by atoms with Crippen molar-refractivity contribution >= 4 is 17.3 Å². The van der Waals surface area contributed by atoms with E-state index in [-0.39, 0.29) is 12.6 Å².